The maximum atomic E-state index is 12.5. The third-order valence-electron chi connectivity index (χ3n) is 1.77. The summed E-state index contributed by atoms with van der Waals surface area (Å²) in [5, 5.41) is 8.51. The average Bonchev–Trinajstić information content (AvgIpc) is 2.20. The molecule has 1 heterocycles. The van der Waals surface area contributed by atoms with Gasteiger partial charge in [0.25, 0.3) is 6.43 Å². The summed E-state index contributed by atoms with van der Waals surface area (Å²) < 4.78 is 25.7. The number of nitriles is 1. The second-order valence-electron chi connectivity index (χ2n) is 2.72. The van der Waals surface area contributed by atoms with Gasteiger partial charge in [0.15, 0.2) is 0 Å². The molecule has 15 heavy (non-hydrogen) atoms. The minimum Gasteiger partial charge on any atom is -0.254 e. The predicted octanol–water partition coefficient (Wildman–Crippen LogP) is 3.43. The van der Waals surface area contributed by atoms with Crippen LogP contribution in [-0.2, 0) is 12.3 Å². The number of hydrogen-bond donors (Lipinski definition) is 0. The Morgan fingerprint density at radius 3 is 2.67 bits per heavy atom. The quantitative estimate of drug-likeness (QED) is 0.623. The van der Waals surface area contributed by atoms with Crippen molar-refractivity contribution in [1.29, 1.82) is 5.26 Å². The molecule has 2 nitrogen and oxygen atoms in total. The fourth-order valence-corrected chi connectivity index (χ4v) is 1.94. The van der Waals surface area contributed by atoms with Crippen LogP contribution in [0, 0.1) is 14.9 Å². The summed E-state index contributed by atoms with van der Waals surface area (Å²) in [5.74, 6) is -0.0744. The molecule has 1 aromatic heterocycles. The van der Waals surface area contributed by atoms with Gasteiger partial charge in [-0.1, -0.05) is 0 Å². The molecule has 0 saturated carbocycles. The largest absolute Gasteiger partial charge is 0.265 e. The van der Waals surface area contributed by atoms with Gasteiger partial charge in [-0.3, -0.25) is 4.98 Å². The van der Waals surface area contributed by atoms with Crippen LogP contribution in [-0.4, -0.2) is 4.98 Å². The summed E-state index contributed by atoms with van der Waals surface area (Å²) in [7, 11) is 0. The summed E-state index contributed by atoms with van der Waals surface area (Å²) >= 11 is 7.41. The van der Waals surface area contributed by atoms with Crippen molar-refractivity contribution in [3.05, 3.63) is 26.6 Å². The Bertz CT molecular complexity index is 404. The first-order chi connectivity index (χ1) is 7.10. The van der Waals surface area contributed by atoms with E-state index in [1.807, 2.05) is 28.7 Å². The molecule has 0 aliphatic heterocycles. The standard InChI is InChI=1S/C9H6ClF2IN2/c10-4-8-5(9(11)12)3-6(13)7(15-8)1-2-14/h3,9H,1,4H2. The molecule has 0 bridgehead atoms. The topological polar surface area (TPSA) is 36.7 Å². The Morgan fingerprint density at radius 1 is 1.53 bits per heavy atom. The van der Waals surface area contributed by atoms with E-state index in [9.17, 15) is 8.78 Å². The third kappa shape index (κ3) is 2.98. The first kappa shape index (κ1) is 12.6. The SMILES string of the molecule is N#CCc1nc(CCl)c(C(F)F)cc1I. The number of hydrogen-bond acceptors (Lipinski definition) is 2. The molecule has 0 unspecified atom stereocenters. The van der Waals surface area contributed by atoms with Crippen molar-refractivity contribution in [2.24, 2.45) is 0 Å². The third-order valence-corrected chi connectivity index (χ3v) is 2.96. The van der Waals surface area contributed by atoms with E-state index >= 15 is 0 Å². The Morgan fingerprint density at radius 2 is 2.20 bits per heavy atom. The van der Waals surface area contributed by atoms with Gasteiger partial charge in [0.05, 0.1) is 29.8 Å². The molecule has 0 aliphatic carbocycles. The average molecular weight is 343 g/mol. The highest BCUT2D eigenvalue weighted by Crippen LogP contribution is 2.26. The van der Waals surface area contributed by atoms with Crippen molar-refractivity contribution in [3.8, 4) is 6.07 Å². The molecule has 0 aromatic carbocycles. The zero-order valence-electron chi connectivity index (χ0n) is 7.48. The van der Waals surface area contributed by atoms with Crippen LogP contribution in [0.1, 0.15) is 23.4 Å². The Kier molecular flexibility index (Phi) is 4.67. The number of pyridine rings is 1. The van der Waals surface area contributed by atoms with Crippen LogP contribution in [0.2, 0.25) is 0 Å². The normalized spacial score (nSPS) is 10.4. The van der Waals surface area contributed by atoms with E-state index in [4.69, 9.17) is 16.9 Å². The summed E-state index contributed by atoms with van der Waals surface area (Å²) in [5.41, 5.74) is 0.492. The minimum absolute atomic E-state index is 0.0744. The molecule has 0 amide bonds. The van der Waals surface area contributed by atoms with Crippen molar-refractivity contribution in [2.75, 3.05) is 0 Å². The van der Waals surface area contributed by atoms with Gasteiger partial charge in [-0.25, -0.2) is 8.78 Å². The summed E-state index contributed by atoms with van der Waals surface area (Å²) in [6.45, 7) is 0. The maximum Gasteiger partial charge on any atom is 0.265 e. The van der Waals surface area contributed by atoms with Crippen LogP contribution in [0.4, 0.5) is 8.78 Å². The fraction of sp³-hybridized carbons (Fsp3) is 0.333. The molecule has 0 saturated heterocycles. The van der Waals surface area contributed by atoms with Crippen molar-refractivity contribution < 1.29 is 8.78 Å². The van der Waals surface area contributed by atoms with E-state index in [0.29, 0.717) is 9.26 Å². The fourth-order valence-electron chi connectivity index (χ4n) is 1.08. The Hall–Kier alpha value is -0.480. The molecule has 6 heteroatoms. The lowest BCUT2D eigenvalue weighted by molar-refractivity contribution is 0.150. The van der Waals surface area contributed by atoms with E-state index in [1.165, 1.54) is 6.07 Å². The van der Waals surface area contributed by atoms with Gasteiger partial charge in [-0.15, -0.1) is 11.6 Å². The van der Waals surface area contributed by atoms with Gasteiger partial charge in [-0.05, 0) is 28.7 Å². The van der Waals surface area contributed by atoms with Crippen molar-refractivity contribution >= 4 is 34.2 Å². The van der Waals surface area contributed by atoms with Gasteiger partial charge in [0.1, 0.15) is 0 Å². The highest BCUT2D eigenvalue weighted by molar-refractivity contribution is 14.1. The molecular formula is C9H6ClF2IN2. The van der Waals surface area contributed by atoms with Gasteiger partial charge in [0, 0.05) is 9.13 Å². The monoisotopic (exact) mass is 342 g/mol. The van der Waals surface area contributed by atoms with Gasteiger partial charge in [-0.2, -0.15) is 5.26 Å². The molecule has 0 atom stereocenters. The number of alkyl halides is 3. The lowest BCUT2D eigenvalue weighted by Gasteiger charge is -2.08. The molecule has 80 valence electrons. The lowest BCUT2D eigenvalue weighted by atomic mass is 10.1. The number of nitrogens with zero attached hydrogens (tertiary/aromatic N) is 2. The number of halogens is 4. The predicted molar refractivity (Wildman–Crippen MR) is 60.8 cm³/mol. The Balaban J connectivity index is 3.24. The summed E-state index contributed by atoms with van der Waals surface area (Å²) in [6, 6.07) is 3.26. The van der Waals surface area contributed by atoms with E-state index in [-0.39, 0.29) is 23.6 Å². The van der Waals surface area contributed by atoms with Crippen LogP contribution in [0.5, 0.6) is 0 Å². The molecule has 0 spiro atoms. The number of rotatable bonds is 3. The van der Waals surface area contributed by atoms with E-state index in [2.05, 4.69) is 4.98 Å². The van der Waals surface area contributed by atoms with Gasteiger partial charge < -0.3 is 0 Å². The molecule has 1 aromatic rings. The first-order valence-electron chi connectivity index (χ1n) is 3.99. The van der Waals surface area contributed by atoms with Crippen LogP contribution in [0.25, 0.3) is 0 Å². The smallest absolute Gasteiger partial charge is 0.254 e. The highest BCUT2D eigenvalue weighted by atomic mass is 127. The molecular weight excluding hydrogens is 336 g/mol. The molecule has 0 aliphatic rings. The highest BCUT2D eigenvalue weighted by Gasteiger charge is 2.16. The lowest BCUT2D eigenvalue weighted by Crippen LogP contribution is -2.03. The van der Waals surface area contributed by atoms with Gasteiger partial charge in [0.2, 0.25) is 0 Å². The second kappa shape index (κ2) is 5.56. The zero-order valence-corrected chi connectivity index (χ0v) is 10.4. The van der Waals surface area contributed by atoms with E-state index < -0.39 is 6.43 Å². The Labute approximate surface area is 104 Å². The maximum absolute atomic E-state index is 12.5. The van der Waals surface area contributed by atoms with Crippen molar-refractivity contribution in [3.63, 3.8) is 0 Å². The summed E-state index contributed by atoms with van der Waals surface area (Å²) in [6.07, 6.45) is -2.48. The second-order valence-corrected chi connectivity index (χ2v) is 4.15. The molecule has 0 radical (unpaired) electrons. The molecule has 1 rings (SSSR count). The van der Waals surface area contributed by atoms with Crippen LogP contribution >= 0.6 is 34.2 Å². The number of aromatic nitrogens is 1. The van der Waals surface area contributed by atoms with Gasteiger partial charge >= 0.3 is 0 Å². The minimum atomic E-state index is -2.59. The first-order valence-corrected chi connectivity index (χ1v) is 5.60. The van der Waals surface area contributed by atoms with Crippen LogP contribution in [0.15, 0.2) is 6.07 Å². The molecule has 0 fully saturated rings. The van der Waals surface area contributed by atoms with Crippen molar-refractivity contribution in [1.82, 2.24) is 4.98 Å². The zero-order chi connectivity index (χ0) is 11.4. The molecule has 0 N–H and O–H groups in total. The van der Waals surface area contributed by atoms with Crippen LogP contribution in [0.3, 0.4) is 0 Å². The van der Waals surface area contributed by atoms with E-state index in [1.54, 1.807) is 0 Å². The van der Waals surface area contributed by atoms with Crippen molar-refractivity contribution in [2.45, 2.75) is 18.7 Å². The van der Waals surface area contributed by atoms with E-state index in [0.717, 1.165) is 0 Å². The summed E-state index contributed by atoms with van der Waals surface area (Å²) in [4.78, 5) is 3.96. The van der Waals surface area contributed by atoms with Crippen LogP contribution < -0.4 is 0 Å².